The van der Waals surface area contributed by atoms with Gasteiger partial charge in [0, 0.05) is 13.1 Å². The number of carbonyl (C=O) groups is 1. The Morgan fingerprint density at radius 2 is 1.87 bits per heavy atom. The first-order valence-corrected chi connectivity index (χ1v) is 6.02. The highest BCUT2D eigenvalue weighted by atomic mass is 32.2. The quantitative estimate of drug-likeness (QED) is 0.419. The normalized spacial score (nSPS) is 13.7. The van der Waals surface area contributed by atoms with Crippen LogP contribution in [0.5, 0.6) is 0 Å². The molecule has 0 rings (SSSR count). The molecule has 0 bridgehead atoms. The fourth-order valence-corrected chi connectivity index (χ4v) is 1.70. The fraction of sp³-hybridized carbons (Fsp3) is 0.857. The van der Waals surface area contributed by atoms with E-state index in [9.17, 15) is 13.2 Å². The lowest BCUT2D eigenvalue weighted by Gasteiger charge is -2.08. The van der Waals surface area contributed by atoms with Crippen molar-refractivity contribution in [2.75, 3.05) is 13.1 Å². The van der Waals surface area contributed by atoms with E-state index in [1.807, 2.05) is 6.92 Å². The van der Waals surface area contributed by atoms with Gasteiger partial charge in [0.05, 0.1) is 0 Å². The predicted octanol–water partition coefficient (Wildman–Crippen LogP) is -1.34. The topological polar surface area (TPSA) is 116 Å². The second-order valence-electron chi connectivity index (χ2n) is 2.93. The number of aliphatic carboxylic acids is 1. The number of aliphatic hydroxyl groups excluding tert-OH is 1. The second kappa shape index (κ2) is 6.72. The Morgan fingerprint density at radius 3 is 2.33 bits per heavy atom. The van der Waals surface area contributed by atoms with Crippen LogP contribution in [0.1, 0.15) is 19.8 Å². The van der Waals surface area contributed by atoms with Gasteiger partial charge in [-0.2, -0.15) is 8.42 Å². The summed E-state index contributed by atoms with van der Waals surface area (Å²) in [6, 6.07) is 0. The minimum Gasteiger partial charge on any atom is -0.479 e. The smallest absolute Gasteiger partial charge is 0.332 e. The molecule has 1 unspecified atom stereocenters. The van der Waals surface area contributed by atoms with E-state index in [-0.39, 0.29) is 13.0 Å². The molecular weight excluding hydrogens is 224 g/mol. The Balaban J connectivity index is 3.80. The first-order valence-electron chi connectivity index (χ1n) is 4.54. The molecule has 0 spiro atoms. The minimum absolute atomic E-state index is 0.119. The number of carboxylic acids is 1. The summed E-state index contributed by atoms with van der Waals surface area (Å²) >= 11 is 0. The fourth-order valence-electron chi connectivity index (χ4n) is 0.741. The van der Waals surface area contributed by atoms with Gasteiger partial charge in [0.15, 0.2) is 6.10 Å². The second-order valence-corrected chi connectivity index (χ2v) is 4.52. The van der Waals surface area contributed by atoms with Crippen molar-refractivity contribution >= 4 is 16.2 Å². The third kappa shape index (κ3) is 7.25. The molecule has 90 valence electrons. The average Bonchev–Trinajstić information content (AvgIpc) is 2.14. The number of rotatable bonds is 8. The maximum atomic E-state index is 11.1. The molecule has 0 aliphatic heterocycles. The molecule has 7 nitrogen and oxygen atoms in total. The number of hydrogen-bond acceptors (Lipinski definition) is 4. The van der Waals surface area contributed by atoms with Crippen LogP contribution in [0, 0.1) is 0 Å². The molecule has 0 aromatic carbocycles. The number of hydrogen-bond donors (Lipinski definition) is 4. The average molecular weight is 240 g/mol. The zero-order chi connectivity index (χ0) is 11.9. The van der Waals surface area contributed by atoms with Gasteiger partial charge in [0.2, 0.25) is 0 Å². The van der Waals surface area contributed by atoms with E-state index in [1.54, 1.807) is 0 Å². The number of aliphatic hydroxyl groups is 1. The monoisotopic (exact) mass is 240 g/mol. The molecule has 0 aromatic rings. The number of carboxylic acid groups (broad SMARTS) is 1. The van der Waals surface area contributed by atoms with Gasteiger partial charge >= 0.3 is 5.97 Å². The van der Waals surface area contributed by atoms with Crippen molar-refractivity contribution in [3.05, 3.63) is 0 Å². The van der Waals surface area contributed by atoms with Crippen LogP contribution in [0.2, 0.25) is 0 Å². The van der Waals surface area contributed by atoms with E-state index in [4.69, 9.17) is 10.2 Å². The minimum atomic E-state index is -3.57. The highest BCUT2D eigenvalue weighted by molar-refractivity contribution is 7.87. The van der Waals surface area contributed by atoms with E-state index in [0.717, 1.165) is 0 Å². The van der Waals surface area contributed by atoms with Crippen molar-refractivity contribution in [1.82, 2.24) is 9.44 Å². The van der Waals surface area contributed by atoms with Gasteiger partial charge in [-0.25, -0.2) is 14.2 Å². The summed E-state index contributed by atoms with van der Waals surface area (Å²) in [6.07, 6.45) is -1.04. The van der Waals surface area contributed by atoms with E-state index in [0.29, 0.717) is 13.0 Å². The van der Waals surface area contributed by atoms with Crippen LogP contribution in [0.25, 0.3) is 0 Å². The van der Waals surface area contributed by atoms with Crippen LogP contribution < -0.4 is 9.44 Å². The molecule has 0 saturated carbocycles. The van der Waals surface area contributed by atoms with Crippen molar-refractivity contribution in [2.24, 2.45) is 0 Å². The van der Waals surface area contributed by atoms with Crippen molar-refractivity contribution in [3.63, 3.8) is 0 Å². The molecule has 8 heteroatoms. The van der Waals surface area contributed by atoms with Gasteiger partial charge < -0.3 is 10.2 Å². The van der Waals surface area contributed by atoms with Crippen molar-refractivity contribution < 1.29 is 23.4 Å². The molecule has 0 aromatic heterocycles. The molecule has 0 radical (unpaired) electrons. The summed E-state index contributed by atoms with van der Waals surface area (Å²) in [5.74, 6) is -1.37. The standard InChI is InChI=1S/C7H16N2O5S/c1-2-4-8-15(13,14)9-5-3-6(10)7(11)12/h6,8-10H,2-5H2,1H3,(H,11,12). The Kier molecular flexibility index (Phi) is 6.41. The molecule has 0 aliphatic carbocycles. The summed E-state index contributed by atoms with van der Waals surface area (Å²) < 4.78 is 26.5. The van der Waals surface area contributed by atoms with Crippen LogP contribution in [-0.4, -0.2) is 43.8 Å². The maximum absolute atomic E-state index is 11.1. The third-order valence-electron chi connectivity index (χ3n) is 1.54. The lowest BCUT2D eigenvalue weighted by atomic mass is 10.3. The highest BCUT2D eigenvalue weighted by Crippen LogP contribution is 1.90. The van der Waals surface area contributed by atoms with Gasteiger partial charge in [0.25, 0.3) is 10.2 Å². The van der Waals surface area contributed by atoms with Crippen LogP contribution in [0.3, 0.4) is 0 Å². The molecule has 0 heterocycles. The maximum Gasteiger partial charge on any atom is 0.332 e. The lowest BCUT2D eigenvalue weighted by molar-refractivity contribution is -0.146. The first kappa shape index (κ1) is 14.3. The zero-order valence-corrected chi connectivity index (χ0v) is 9.25. The lowest BCUT2D eigenvalue weighted by Crippen LogP contribution is -2.38. The van der Waals surface area contributed by atoms with Crippen LogP contribution in [0.4, 0.5) is 0 Å². The van der Waals surface area contributed by atoms with Crippen molar-refractivity contribution in [1.29, 1.82) is 0 Å². The molecule has 0 fully saturated rings. The zero-order valence-electron chi connectivity index (χ0n) is 8.43. The van der Waals surface area contributed by atoms with Gasteiger partial charge in [-0.15, -0.1) is 0 Å². The highest BCUT2D eigenvalue weighted by Gasteiger charge is 2.14. The molecular formula is C7H16N2O5S. The van der Waals surface area contributed by atoms with Gasteiger partial charge in [-0.05, 0) is 12.8 Å². The predicted molar refractivity (Wildman–Crippen MR) is 53.5 cm³/mol. The molecule has 0 amide bonds. The third-order valence-corrected chi connectivity index (χ3v) is 2.71. The summed E-state index contributed by atoms with van der Waals surface area (Å²) in [7, 11) is -3.57. The number of nitrogens with one attached hydrogen (secondary N) is 2. The molecule has 0 saturated heterocycles. The van der Waals surface area contributed by atoms with Crippen molar-refractivity contribution in [2.45, 2.75) is 25.9 Å². The molecule has 1 atom stereocenters. The van der Waals surface area contributed by atoms with Crippen LogP contribution in [0.15, 0.2) is 0 Å². The Morgan fingerprint density at radius 1 is 1.33 bits per heavy atom. The SMILES string of the molecule is CCCNS(=O)(=O)NCCC(O)C(=O)O. The van der Waals surface area contributed by atoms with Gasteiger partial charge in [0.1, 0.15) is 0 Å². The molecule has 0 aliphatic rings. The van der Waals surface area contributed by atoms with E-state index < -0.39 is 22.3 Å². The Bertz CT molecular complexity index is 290. The van der Waals surface area contributed by atoms with Crippen LogP contribution in [-0.2, 0) is 15.0 Å². The summed E-state index contributed by atoms with van der Waals surface area (Å²) in [6.45, 7) is 2.01. The molecule has 15 heavy (non-hydrogen) atoms. The van der Waals surface area contributed by atoms with Gasteiger partial charge in [-0.3, -0.25) is 0 Å². The largest absolute Gasteiger partial charge is 0.479 e. The van der Waals surface area contributed by atoms with Crippen molar-refractivity contribution in [3.8, 4) is 0 Å². The molecule has 4 N–H and O–H groups in total. The summed E-state index contributed by atoms with van der Waals surface area (Å²) in [5, 5.41) is 17.2. The summed E-state index contributed by atoms with van der Waals surface area (Å²) in [5.41, 5.74) is 0. The van der Waals surface area contributed by atoms with E-state index in [1.165, 1.54) is 0 Å². The van der Waals surface area contributed by atoms with E-state index in [2.05, 4.69) is 9.44 Å². The van der Waals surface area contributed by atoms with E-state index >= 15 is 0 Å². The summed E-state index contributed by atoms with van der Waals surface area (Å²) in [4.78, 5) is 10.2. The Hall–Kier alpha value is -0.700. The first-order chi connectivity index (χ1) is 6.89. The van der Waals surface area contributed by atoms with Crippen LogP contribution >= 0.6 is 0 Å². The van der Waals surface area contributed by atoms with Gasteiger partial charge in [-0.1, -0.05) is 6.92 Å². The Labute approximate surface area is 88.7 Å².